The zero-order chi connectivity index (χ0) is 21.2. The summed E-state index contributed by atoms with van der Waals surface area (Å²) in [6.07, 6.45) is -1.08. The fourth-order valence-electron chi connectivity index (χ4n) is 3.48. The summed E-state index contributed by atoms with van der Waals surface area (Å²) in [5.41, 5.74) is 0.248. The highest BCUT2D eigenvalue weighted by Gasteiger charge is 2.41. The lowest BCUT2D eigenvalue weighted by Gasteiger charge is -2.34. The van der Waals surface area contributed by atoms with Gasteiger partial charge in [-0.15, -0.1) is 0 Å². The molecule has 0 bridgehead atoms. The molecule has 0 saturated carbocycles. The van der Waals surface area contributed by atoms with E-state index in [4.69, 9.17) is 9.47 Å². The second kappa shape index (κ2) is 8.51. The molecule has 0 radical (unpaired) electrons. The molecular formula is C21H28N2O6. The van der Waals surface area contributed by atoms with E-state index in [1.807, 2.05) is 0 Å². The van der Waals surface area contributed by atoms with Crippen LogP contribution in [-0.2, 0) is 19.1 Å². The Morgan fingerprint density at radius 2 is 1.90 bits per heavy atom. The number of carbonyl (C=O) groups is 3. The van der Waals surface area contributed by atoms with Gasteiger partial charge in [-0.2, -0.15) is 0 Å². The molecule has 29 heavy (non-hydrogen) atoms. The third-order valence-corrected chi connectivity index (χ3v) is 4.85. The van der Waals surface area contributed by atoms with Crippen molar-refractivity contribution in [2.24, 2.45) is 0 Å². The first-order valence-electron chi connectivity index (χ1n) is 9.90. The number of esters is 1. The zero-order valence-electron chi connectivity index (χ0n) is 17.1. The smallest absolute Gasteiger partial charge is 0.338 e. The first kappa shape index (κ1) is 21.3. The molecule has 2 fully saturated rings. The van der Waals surface area contributed by atoms with Crippen molar-refractivity contribution in [1.82, 2.24) is 4.90 Å². The second-order valence-corrected chi connectivity index (χ2v) is 8.31. The minimum atomic E-state index is -1.72. The zero-order valence-corrected chi connectivity index (χ0v) is 17.1. The SMILES string of the molecule is CC(C)(C)OC(=O)C(O)C1OCCN(c2cccc(C(=O)N3CCCC3)c2)C1=O. The van der Waals surface area contributed by atoms with E-state index < -0.39 is 29.7 Å². The number of rotatable bonds is 4. The first-order valence-corrected chi connectivity index (χ1v) is 9.90. The number of nitrogens with zero attached hydrogens (tertiary/aromatic N) is 2. The van der Waals surface area contributed by atoms with Gasteiger partial charge in [0, 0.05) is 30.9 Å². The molecule has 2 atom stereocenters. The maximum absolute atomic E-state index is 12.9. The van der Waals surface area contributed by atoms with Crippen molar-refractivity contribution < 1.29 is 29.0 Å². The Bertz CT molecular complexity index is 782. The summed E-state index contributed by atoms with van der Waals surface area (Å²) in [6.45, 7) is 6.93. The maximum atomic E-state index is 12.9. The molecule has 0 spiro atoms. The third-order valence-electron chi connectivity index (χ3n) is 4.85. The molecule has 1 aromatic rings. The summed E-state index contributed by atoms with van der Waals surface area (Å²) in [6, 6.07) is 6.84. The molecule has 8 heteroatoms. The van der Waals surface area contributed by atoms with E-state index in [1.165, 1.54) is 4.90 Å². The van der Waals surface area contributed by atoms with Crippen LogP contribution in [0.4, 0.5) is 5.69 Å². The third kappa shape index (κ3) is 4.94. The van der Waals surface area contributed by atoms with Crippen LogP contribution in [0, 0.1) is 0 Å². The van der Waals surface area contributed by atoms with Crippen molar-refractivity contribution in [3.8, 4) is 0 Å². The van der Waals surface area contributed by atoms with Gasteiger partial charge in [-0.05, 0) is 51.8 Å². The Kier molecular flexibility index (Phi) is 6.24. The number of benzene rings is 1. The Morgan fingerprint density at radius 1 is 1.21 bits per heavy atom. The summed E-state index contributed by atoms with van der Waals surface area (Å²) in [4.78, 5) is 41.0. The molecule has 8 nitrogen and oxygen atoms in total. The van der Waals surface area contributed by atoms with E-state index in [1.54, 1.807) is 49.9 Å². The maximum Gasteiger partial charge on any atom is 0.338 e. The summed E-state index contributed by atoms with van der Waals surface area (Å²) in [7, 11) is 0. The number of aliphatic hydroxyl groups excluding tert-OH is 1. The molecule has 3 rings (SSSR count). The molecule has 2 saturated heterocycles. The summed E-state index contributed by atoms with van der Waals surface area (Å²) in [5, 5.41) is 10.3. The lowest BCUT2D eigenvalue weighted by molar-refractivity contribution is -0.177. The molecule has 1 N–H and O–H groups in total. The number of aliphatic hydroxyl groups is 1. The molecule has 0 aromatic heterocycles. The van der Waals surface area contributed by atoms with Crippen molar-refractivity contribution in [1.29, 1.82) is 0 Å². The van der Waals surface area contributed by atoms with Gasteiger partial charge in [0.1, 0.15) is 5.60 Å². The number of anilines is 1. The van der Waals surface area contributed by atoms with Crippen LogP contribution in [0.5, 0.6) is 0 Å². The van der Waals surface area contributed by atoms with Crippen molar-refractivity contribution in [3.63, 3.8) is 0 Å². The van der Waals surface area contributed by atoms with Crippen LogP contribution >= 0.6 is 0 Å². The van der Waals surface area contributed by atoms with Crippen molar-refractivity contribution >= 4 is 23.5 Å². The Hall–Kier alpha value is -2.45. The van der Waals surface area contributed by atoms with Crippen LogP contribution in [0.3, 0.4) is 0 Å². The predicted molar refractivity (Wildman–Crippen MR) is 106 cm³/mol. The normalized spacial score (nSPS) is 21.2. The topological polar surface area (TPSA) is 96.4 Å². The second-order valence-electron chi connectivity index (χ2n) is 8.31. The molecule has 1 aromatic carbocycles. The first-order chi connectivity index (χ1) is 13.7. The monoisotopic (exact) mass is 404 g/mol. The molecule has 2 unspecified atom stereocenters. The molecule has 2 aliphatic heterocycles. The Balaban J connectivity index is 1.75. The number of likely N-dealkylation sites (tertiary alicyclic amines) is 1. The number of hydrogen-bond donors (Lipinski definition) is 1. The Morgan fingerprint density at radius 3 is 2.55 bits per heavy atom. The number of ether oxygens (including phenoxy) is 2. The molecule has 2 aliphatic rings. The van der Waals surface area contributed by atoms with E-state index in [0.29, 0.717) is 11.3 Å². The van der Waals surface area contributed by atoms with Gasteiger partial charge in [0.25, 0.3) is 11.8 Å². The minimum Gasteiger partial charge on any atom is -0.458 e. The highest BCUT2D eigenvalue weighted by molar-refractivity contribution is 6.02. The average Bonchev–Trinajstić information content (AvgIpc) is 3.20. The molecule has 158 valence electrons. The summed E-state index contributed by atoms with van der Waals surface area (Å²) in [5.74, 6) is -1.51. The van der Waals surface area contributed by atoms with Crippen LogP contribution in [0.25, 0.3) is 0 Å². The van der Waals surface area contributed by atoms with Crippen molar-refractivity contribution in [2.75, 3.05) is 31.1 Å². The van der Waals surface area contributed by atoms with Gasteiger partial charge >= 0.3 is 5.97 Å². The molecule has 0 aliphatic carbocycles. The van der Waals surface area contributed by atoms with Gasteiger partial charge in [-0.3, -0.25) is 9.59 Å². The largest absolute Gasteiger partial charge is 0.458 e. The number of hydrogen-bond acceptors (Lipinski definition) is 6. The molecule has 2 amide bonds. The van der Waals surface area contributed by atoms with Crippen LogP contribution in [0.15, 0.2) is 24.3 Å². The van der Waals surface area contributed by atoms with E-state index in [9.17, 15) is 19.5 Å². The van der Waals surface area contributed by atoms with E-state index in [2.05, 4.69) is 0 Å². The Labute approximate surface area is 170 Å². The molecular weight excluding hydrogens is 376 g/mol. The van der Waals surface area contributed by atoms with Gasteiger partial charge in [0.2, 0.25) is 0 Å². The highest BCUT2D eigenvalue weighted by Crippen LogP contribution is 2.24. The number of morpholine rings is 1. The van der Waals surface area contributed by atoms with E-state index in [0.717, 1.165) is 25.9 Å². The van der Waals surface area contributed by atoms with Crippen LogP contribution < -0.4 is 4.90 Å². The van der Waals surface area contributed by atoms with Crippen molar-refractivity contribution in [2.45, 2.75) is 51.4 Å². The van der Waals surface area contributed by atoms with Gasteiger partial charge in [-0.25, -0.2) is 4.79 Å². The van der Waals surface area contributed by atoms with Gasteiger partial charge < -0.3 is 24.4 Å². The van der Waals surface area contributed by atoms with E-state index >= 15 is 0 Å². The average molecular weight is 404 g/mol. The fraction of sp³-hybridized carbons (Fsp3) is 0.571. The van der Waals surface area contributed by atoms with Crippen LogP contribution in [-0.4, -0.2) is 71.8 Å². The standard InChI is InChI=1S/C21H28N2O6/c1-21(2,3)29-20(27)16(24)17-19(26)23(11-12-28-17)15-8-6-7-14(13-15)18(25)22-9-4-5-10-22/h6-8,13,16-17,24H,4-5,9-12H2,1-3H3. The van der Waals surface area contributed by atoms with E-state index in [-0.39, 0.29) is 19.1 Å². The van der Waals surface area contributed by atoms with Crippen LogP contribution in [0.2, 0.25) is 0 Å². The number of carbonyl (C=O) groups excluding carboxylic acids is 3. The number of amides is 2. The lowest BCUT2D eigenvalue weighted by atomic mass is 10.1. The van der Waals surface area contributed by atoms with Gasteiger partial charge in [-0.1, -0.05) is 6.07 Å². The lowest BCUT2D eigenvalue weighted by Crippen LogP contribution is -2.55. The quantitative estimate of drug-likeness (QED) is 0.761. The summed E-state index contributed by atoms with van der Waals surface area (Å²) >= 11 is 0. The van der Waals surface area contributed by atoms with Crippen LogP contribution in [0.1, 0.15) is 44.0 Å². The minimum absolute atomic E-state index is 0.0598. The predicted octanol–water partition coefficient (Wildman–Crippen LogP) is 1.36. The van der Waals surface area contributed by atoms with Crippen molar-refractivity contribution in [3.05, 3.63) is 29.8 Å². The summed E-state index contributed by atoms with van der Waals surface area (Å²) < 4.78 is 10.5. The highest BCUT2D eigenvalue weighted by atomic mass is 16.6. The van der Waals surface area contributed by atoms with Gasteiger partial charge in [0.15, 0.2) is 12.2 Å². The molecule has 2 heterocycles. The fourth-order valence-corrected chi connectivity index (χ4v) is 3.48. The van der Waals surface area contributed by atoms with Gasteiger partial charge in [0.05, 0.1) is 6.61 Å².